The number of methoxy groups -OCH3 is 1. The molecule has 2 aromatic heterocycles. The molecule has 0 atom stereocenters. The molecule has 2 amide bonds. The average molecular weight is 434 g/mol. The van der Waals surface area contributed by atoms with Gasteiger partial charge >= 0.3 is 0 Å². The number of nitrogens with zero attached hydrogens (tertiary/aromatic N) is 4. The fraction of sp³-hybridized carbons (Fsp3) is 0.0769. The summed E-state index contributed by atoms with van der Waals surface area (Å²) in [6.45, 7) is 0. The number of carbonyl (C=O) groups is 2. The second-order valence-corrected chi connectivity index (χ2v) is 7.89. The number of hydrogen-bond acceptors (Lipinski definition) is 5. The maximum absolute atomic E-state index is 13.8. The van der Waals surface area contributed by atoms with Crippen LogP contribution >= 0.6 is 0 Å². The summed E-state index contributed by atoms with van der Waals surface area (Å²) in [5, 5.41) is 6.99. The van der Waals surface area contributed by atoms with E-state index in [-0.39, 0.29) is 17.4 Å². The monoisotopic (exact) mass is 434 g/mol. The van der Waals surface area contributed by atoms with Crippen LogP contribution in [-0.4, -0.2) is 33.7 Å². The van der Waals surface area contributed by atoms with Crippen LogP contribution in [0.2, 0.25) is 0 Å². The third kappa shape index (κ3) is 2.69. The van der Waals surface area contributed by atoms with Gasteiger partial charge in [-0.3, -0.25) is 9.59 Å². The van der Waals surface area contributed by atoms with E-state index >= 15 is 0 Å². The zero-order valence-corrected chi connectivity index (χ0v) is 17.9. The van der Waals surface area contributed by atoms with Gasteiger partial charge in [-0.2, -0.15) is 5.10 Å². The number of fused-ring (bicyclic) bond motifs is 4. The third-order valence-corrected chi connectivity index (χ3v) is 6.07. The number of anilines is 1. The van der Waals surface area contributed by atoms with Crippen molar-refractivity contribution in [2.45, 2.75) is 0 Å². The molecule has 0 spiro atoms. The lowest BCUT2D eigenvalue weighted by molar-refractivity contribution is 0.0927. The first kappa shape index (κ1) is 19.2. The minimum atomic E-state index is -0.384. The Morgan fingerprint density at radius 1 is 0.879 bits per heavy atom. The Morgan fingerprint density at radius 2 is 1.64 bits per heavy atom. The number of aryl methyl sites for hydroxylation is 1. The SMILES string of the molecule is COc1ccc(-c2nn(C)c3ncc4c(c23)C(=O)N(c2cccc3ccccc23)C4=O)cc1. The molecule has 5 aromatic rings. The van der Waals surface area contributed by atoms with Crippen molar-refractivity contribution in [1.29, 1.82) is 0 Å². The summed E-state index contributed by atoms with van der Waals surface area (Å²) in [5.41, 5.74) is 3.11. The van der Waals surface area contributed by atoms with E-state index in [1.165, 1.54) is 11.1 Å². The van der Waals surface area contributed by atoms with Crippen molar-refractivity contribution in [3.63, 3.8) is 0 Å². The molecule has 3 heterocycles. The number of imide groups is 1. The number of carbonyl (C=O) groups excluding carboxylic acids is 2. The lowest BCUT2D eigenvalue weighted by atomic mass is 10.0. The Morgan fingerprint density at radius 3 is 2.42 bits per heavy atom. The Labute approximate surface area is 188 Å². The molecule has 3 aromatic carbocycles. The van der Waals surface area contributed by atoms with Crippen molar-refractivity contribution in [3.05, 3.63) is 84.1 Å². The summed E-state index contributed by atoms with van der Waals surface area (Å²) in [6.07, 6.45) is 1.47. The molecule has 0 radical (unpaired) electrons. The highest BCUT2D eigenvalue weighted by Gasteiger charge is 2.40. The largest absolute Gasteiger partial charge is 0.497 e. The molecule has 7 heteroatoms. The third-order valence-electron chi connectivity index (χ3n) is 6.07. The second-order valence-electron chi connectivity index (χ2n) is 7.89. The van der Waals surface area contributed by atoms with Gasteiger partial charge in [0.2, 0.25) is 0 Å². The first-order valence-corrected chi connectivity index (χ1v) is 10.4. The van der Waals surface area contributed by atoms with Crippen LogP contribution in [0.15, 0.2) is 72.9 Å². The molecule has 33 heavy (non-hydrogen) atoms. The summed E-state index contributed by atoms with van der Waals surface area (Å²) < 4.78 is 6.89. The topological polar surface area (TPSA) is 77.3 Å². The fourth-order valence-electron chi connectivity index (χ4n) is 4.50. The van der Waals surface area contributed by atoms with Crippen molar-refractivity contribution in [2.24, 2.45) is 7.05 Å². The highest BCUT2D eigenvalue weighted by molar-refractivity contribution is 6.39. The Balaban J connectivity index is 1.58. The minimum absolute atomic E-state index is 0.281. The number of rotatable bonds is 3. The molecule has 0 unspecified atom stereocenters. The van der Waals surface area contributed by atoms with Gasteiger partial charge in [0.25, 0.3) is 11.8 Å². The average Bonchev–Trinajstić information content (AvgIpc) is 3.32. The molecule has 6 rings (SSSR count). The number of pyridine rings is 1. The van der Waals surface area contributed by atoms with Crippen molar-refractivity contribution in [2.75, 3.05) is 12.0 Å². The van der Waals surface area contributed by atoms with Crippen LogP contribution in [0.3, 0.4) is 0 Å². The molecule has 0 saturated heterocycles. The molecular formula is C26H18N4O3. The number of aromatic nitrogens is 3. The van der Waals surface area contributed by atoms with Crippen LogP contribution in [0.1, 0.15) is 20.7 Å². The van der Waals surface area contributed by atoms with Gasteiger partial charge in [-0.05, 0) is 35.7 Å². The van der Waals surface area contributed by atoms with Crippen molar-refractivity contribution >= 4 is 39.3 Å². The zero-order valence-electron chi connectivity index (χ0n) is 17.9. The van der Waals surface area contributed by atoms with Gasteiger partial charge in [-0.25, -0.2) is 14.6 Å². The van der Waals surface area contributed by atoms with Gasteiger partial charge in [0.05, 0.1) is 29.3 Å². The van der Waals surface area contributed by atoms with Gasteiger partial charge < -0.3 is 4.74 Å². The maximum atomic E-state index is 13.8. The van der Waals surface area contributed by atoms with Crippen LogP contribution in [-0.2, 0) is 7.05 Å². The summed E-state index contributed by atoms with van der Waals surface area (Å²) >= 11 is 0. The first-order valence-electron chi connectivity index (χ1n) is 10.4. The molecule has 0 aliphatic carbocycles. The normalized spacial score (nSPS) is 13.2. The van der Waals surface area contributed by atoms with Crippen LogP contribution in [0.25, 0.3) is 33.1 Å². The van der Waals surface area contributed by atoms with Gasteiger partial charge in [-0.1, -0.05) is 36.4 Å². The van der Waals surface area contributed by atoms with Crippen LogP contribution in [0, 0.1) is 0 Å². The van der Waals surface area contributed by atoms with Crippen LogP contribution in [0.4, 0.5) is 5.69 Å². The van der Waals surface area contributed by atoms with Gasteiger partial charge in [0.1, 0.15) is 11.4 Å². The number of hydrogen-bond donors (Lipinski definition) is 0. The molecule has 1 aliphatic rings. The molecule has 0 N–H and O–H groups in total. The van der Waals surface area contributed by atoms with E-state index < -0.39 is 0 Å². The van der Waals surface area contributed by atoms with Gasteiger partial charge in [0, 0.05) is 24.2 Å². The fourth-order valence-corrected chi connectivity index (χ4v) is 4.50. The standard InChI is InChI=1S/C26H18N4O3/c1-29-24-22(23(28-29)16-10-12-17(33-2)13-11-16)21-19(14-27-24)25(31)30(26(21)32)20-9-5-7-15-6-3-4-8-18(15)20/h3-14H,1-2H3. The smallest absolute Gasteiger partial charge is 0.267 e. The quantitative estimate of drug-likeness (QED) is 0.388. The van der Waals surface area contributed by atoms with E-state index in [2.05, 4.69) is 10.1 Å². The Kier molecular flexibility index (Phi) is 4.07. The van der Waals surface area contributed by atoms with E-state index in [4.69, 9.17) is 4.74 Å². The number of ether oxygens (including phenoxy) is 1. The first-order chi connectivity index (χ1) is 16.1. The van der Waals surface area contributed by atoms with Gasteiger partial charge in [0.15, 0.2) is 5.65 Å². The lowest BCUT2D eigenvalue weighted by Gasteiger charge is -2.16. The predicted octanol–water partition coefficient (Wildman–Crippen LogP) is 4.60. The summed E-state index contributed by atoms with van der Waals surface area (Å²) in [4.78, 5) is 33.0. The predicted molar refractivity (Wildman–Crippen MR) is 126 cm³/mol. The van der Waals surface area contributed by atoms with Crippen molar-refractivity contribution in [3.8, 4) is 17.0 Å². The Hall–Kier alpha value is -4.52. The summed E-state index contributed by atoms with van der Waals surface area (Å²) in [7, 11) is 3.38. The highest BCUT2D eigenvalue weighted by Crippen LogP contribution is 2.39. The van der Waals surface area contributed by atoms with E-state index in [1.54, 1.807) is 24.9 Å². The highest BCUT2D eigenvalue weighted by atomic mass is 16.5. The van der Waals surface area contributed by atoms with Crippen LogP contribution in [0.5, 0.6) is 5.75 Å². The summed E-state index contributed by atoms with van der Waals surface area (Å²) in [5.74, 6) is -0.0393. The zero-order chi connectivity index (χ0) is 22.7. The molecular weight excluding hydrogens is 416 g/mol. The Bertz CT molecular complexity index is 1600. The van der Waals surface area contributed by atoms with Crippen molar-refractivity contribution < 1.29 is 14.3 Å². The molecule has 0 bridgehead atoms. The second kappa shape index (κ2) is 7.00. The summed E-state index contributed by atoms with van der Waals surface area (Å²) in [6, 6.07) is 20.7. The van der Waals surface area contributed by atoms with E-state index in [9.17, 15) is 9.59 Å². The number of benzene rings is 3. The molecule has 0 fully saturated rings. The molecule has 1 aliphatic heterocycles. The minimum Gasteiger partial charge on any atom is -0.497 e. The van der Waals surface area contributed by atoms with E-state index in [0.29, 0.717) is 28.0 Å². The van der Waals surface area contributed by atoms with E-state index in [0.717, 1.165) is 22.1 Å². The lowest BCUT2D eigenvalue weighted by Crippen LogP contribution is -2.29. The maximum Gasteiger partial charge on any atom is 0.267 e. The van der Waals surface area contributed by atoms with Gasteiger partial charge in [-0.15, -0.1) is 0 Å². The van der Waals surface area contributed by atoms with Crippen molar-refractivity contribution in [1.82, 2.24) is 14.8 Å². The molecule has 0 saturated carbocycles. The molecule has 160 valence electrons. The van der Waals surface area contributed by atoms with Crippen LogP contribution < -0.4 is 9.64 Å². The molecule has 7 nitrogen and oxygen atoms in total. The number of amides is 2. The van der Waals surface area contributed by atoms with E-state index in [1.807, 2.05) is 60.7 Å².